The van der Waals surface area contributed by atoms with E-state index in [1.54, 1.807) is 30.3 Å². The maximum Gasteiger partial charge on any atom is 0.276 e. The van der Waals surface area contributed by atoms with Gasteiger partial charge in [0.1, 0.15) is 0 Å². The Hall–Kier alpha value is -2.95. The lowest BCUT2D eigenvalue weighted by atomic mass is 10.0. The second kappa shape index (κ2) is 10.4. The molecule has 0 spiro atoms. The fourth-order valence-electron chi connectivity index (χ4n) is 4.46. The Bertz CT molecular complexity index is 1400. The van der Waals surface area contributed by atoms with Crippen LogP contribution >= 0.6 is 23.2 Å². The summed E-state index contributed by atoms with van der Waals surface area (Å²) in [5.74, 6) is 0.664. The Morgan fingerprint density at radius 1 is 1.05 bits per heavy atom. The first-order valence-corrected chi connectivity index (χ1v) is 14.1. The molecule has 1 aromatic heterocycles. The first kappa shape index (κ1) is 25.7. The number of hydrazone groups is 1. The summed E-state index contributed by atoms with van der Waals surface area (Å²) in [6.07, 6.45) is 4.35. The van der Waals surface area contributed by atoms with Crippen LogP contribution in [0.1, 0.15) is 24.0 Å². The molecule has 2 heterocycles. The van der Waals surface area contributed by atoms with Crippen molar-refractivity contribution in [1.29, 1.82) is 0 Å². The van der Waals surface area contributed by atoms with Gasteiger partial charge in [0, 0.05) is 19.6 Å². The zero-order chi connectivity index (χ0) is 26.2. The fourth-order valence-corrected chi connectivity index (χ4v) is 5.83. The van der Waals surface area contributed by atoms with Crippen molar-refractivity contribution in [3.63, 3.8) is 0 Å². The smallest absolute Gasteiger partial charge is 0.276 e. The Balaban J connectivity index is 1.51. The number of nitrogens with zero attached hydrogens (tertiary/aromatic N) is 5. The standard InChI is InChI=1S/C25H25Cl2FN6O2S/c1-16-5-9-19(10-6-16)37(35,36)32-31-24(23-20(26)3-2-4-21(23)27)34-12-11-33(15-22(34)17-7-8-17)25-29-13-18(28)14-30-25/h2-6,9-10,13-14,17,22,32H,7-8,11-12,15H2,1H3/b31-24-. The van der Waals surface area contributed by atoms with Gasteiger partial charge < -0.3 is 9.80 Å². The highest BCUT2D eigenvalue weighted by molar-refractivity contribution is 7.89. The third-order valence-corrected chi connectivity index (χ3v) is 8.39. The number of piperazine rings is 1. The molecule has 0 radical (unpaired) electrons. The van der Waals surface area contributed by atoms with Crippen molar-refractivity contribution < 1.29 is 12.8 Å². The highest BCUT2D eigenvalue weighted by Gasteiger charge is 2.41. The topological polar surface area (TPSA) is 90.8 Å². The number of aromatic nitrogens is 2. The normalized spacial score (nSPS) is 18.7. The number of benzene rings is 2. The molecule has 194 valence electrons. The van der Waals surface area contributed by atoms with Crippen LogP contribution in [0, 0.1) is 18.7 Å². The van der Waals surface area contributed by atoms with Crippen molar-refractivity contribution in [3.8, 4) is 0 Å². The summed E-state index contributed by atoms with van der Waals surface area (Å²) in [5, 5.41) is 5.14. The molecule has 0 amide bonds. The van der Waals surface area contributed by atoms with Crippen LogP contribution in [0.15, 0.2) is 64.9 Å². The van der Waals surface area contributed by atoms with Crippen molar-refractivity contribution in [2.24, 2.45) is 11.0 Å². The summed E-state index contributed by atoms with van der Waals surface area (Å²) in [6, 6.07) is 11.6. The van der Waals surface area contributed by atoms with E-state index in [2.05, 4.69) is 24.8 Å². The van der Waals surface area contributed by atoms with Gasteiger partial charge in [-0.25, -0.2) is 14.4 Å². The Morgan fingerprint density at radius 2 is 1.70 bits per heavy atom. The lowest BCUT2D eigenvalue weighted by molar-refractivity contribution is 0.252. The lowest BCUT2D eigenvalue weighted by Crippen LogP contribution is -2.57. The molecule has 2 aromatic carbocycles. The monoisotopic (exact) mass is 562 g/mol. The summed E-state index contributed by atoms with van der Waals surface area (Å²) in [4.78, 5) is 14.8. The molecule has 1 atom stereocenters. The first-order valence-electron chi connectivity index (χ1n) is 11.8. The second-order valence-corrected chi connectivity index (χ2v) is 11.7. The number of sulfonamides is 1. The van der Waals surface area contributed by atoms with Crippen LogP contribution in [0.5, 0.6) is 0 Å². The minimum Gasteiger partial charge on any atom is -0.348 e. The number of hydrogen-bond acceptors (Lipinski definition) is 6. The molecule has 0 bridgehead atoms. The van der Waals surface area contributed by atoms with E-state index in [0.717, 1.165) is 30.8 Å². The van der Waals surface area contributed by atoms with E-state index in [1.165, 1.54) is 12.1 Å². The van der Waals surface area contributed by atoms with Crippen molar-refractivity contribution in [2.75, 3.05) is 24.5 Å². The number of anilines is 1. The molecule has 1 N–H and O–H groups in total. The van der Waals surface area contributed by atoms with Gasteiger partial charge in [-0.1, -0.05) is 47.0 Å². The van der Waals surface area contributed by atoms with Gasteiger partial charge in [-0.05, 0) is 49.9 Å². The zero-order valence-corrected chi connectivity index (χ0v) is 22.3. The average Bonchev–Trinajstić information content (AvgIpc) is 3.72. The zero-order valence-electron chi connectivity index (χ0n) is 20.0. The highest BCUT2D eigenvalue weighted by atomic mass is 35.5. The first-order chi connectivity index (χ1) is 17.7. The van der Waals surface area contributed by atoms with Crippen molar-refractivity contribution in [2.45, 2.75) is 30.7 Å². The van der Waals surface area contributed by atoms with Crippen LogP contribution in [0.2, 0.25) is 10.0 Å². The van der Waals surface area contributed by atoms with Crippen LogP contribution in [0.4, 0.5) is 10.3 Å². The van der Waals surface area contributed by atoms with Crippen LogP contribution in [-0.2, 0) is 10.0 Å². The molecule has 1 aliphatic carbocycles. The average molecular weight is 563 g/mol. The molecule has 1 unspecified atom stereocenters. The van der Waals surface area contributed by atoms with Gasteiger partial charge in [-0.2, -0.15) is 13.2 Å². The SMILES string of the molecule is Cc1ccc(S(=O)(=O)N/N=C(/c2c(Cl)cccc2Cl)N2CCN(c3ncc(F)cn3)CC2C2CC2)cc1. The molecular weight excluding hydrogens is 538 g/mol. The van der Waals surface area contributed by atoms with Gasteiger partial charge in [0.05, 0.1) is 38.9 Å². The summed E-state index contributed by atoms with van der Waals surface area (Å²) >= 11 is 13.2. The Labute approximate surface area is 225 Å². The van der Waals surface area contributed by atoms with E-state index < -0.39 is 15.8 Å². The molecule has 1 saturated heterocycles. The summed E-state index contributed by atoms with van der Waals surface area (Å²) in [6.45, 7) is 3.44. The Morgan fingerprint density at radius 3 is 2.32 bits per heavy atom. The van der Waals surface area contributed by atoms with Gasteiger partial charge in [-0.3, -0.25) is 0 Å². The number of aryl methyl sites for hydroxylation is 1. The maximum absolute atomic E-state index is 13.4. The predicted octanol–water partition coefficient (Wildman–Crippen LogP) is 4.47. The maximum atomic E-state index is 13.4. The van der Waals surface area contributed by atoms with Crippen LogP contribution < -0.4 is 9.73 Å². The van der Waals surface area contributed by atoms with Crippen molar-refractivity contribution in [3.05, 3.63) is 81.8 Å². The molecule has 37 heavy (non-hydrogen) atoms. The summed E-state index contributed by atoms with van der Waals surface area (Å²) in [5.41, 5.74) is 1.40. The van der Waals surface area contributed by atoms with E-state index in [9.17, 15) is 12.8 Å². The highest BCUT2D eigenvalue weighted by Crippen LogP contribution is 2.39. The van der Waals surface area contributed by atoms with Crippen LogP contribution in [0.3, 0.4) is 0 Å². The van der Waals surface area contributed by atoms with Crippen molar-refractivity contribution >= 4 is 45.0 Å². The van der Waals surface area contributed by atoms with Gasteiger partial charge in [0.25, 0.3) is 10.0 Å². The van der Waals surface area contributed by atoms with Crippen LogP contribution in [0.25, 0.3) is 0 Å². The summed E-state index contributed by atoms with van der Waals surface area (Å²) < 4.78 is 39.5. The van der Waals surface area contributed by atoms with Gasteiger partial charge in [-0.15, -0.1) is 5.10 Å². The fraction of sp³-hybridized carbons (Fsp3) is 0.320. The van der Waals surface area contributed by atoms with Crippen molar-refractivity contribution in [1.82, 2.24) is 19.7 Å². The van der Waals surface area contributed by atoms with Gasteiger partial charge >= 0.3 is 0 Å². The molecule has 1 saturated carbocycles. The molecule has 2 aliphatic rings. The van der Waals surface area contributed by atoms with Gasteiger partial charge in [0.2, 0.25) is 5.95 Å². The van der Waals surface area contributed by atoms with E-state index >= 15 is 0 Å². The minimum absolute atomic E-state index is 0.0302. The third-order valence-electron chi connectivity index (χ3n) is 6.54. The number of nitrogens with one attached hydrogen (secondary N) is 1. The Kier molecular flexibility index (Phi) is 7.24. The molecule has 5 rings (SSSR count). The predicted molar refractivity (Wildman–Crippen MR) is 142 cm³/mol. The molecular formula is C25H25Cl2FN6O2S. The van der Waals surface area contributed by atoms with Gasteiger partial charge in [0.15, 0.2) is 11.7 Å². The minimum atomic E-state index is -3.94. The number of amidine groups is 1. The van der Waals surface area contributed by atoms with E-state index in [0.29, 0.717) is 52.9 Å². The summed E-state index contributed by atoms with van der Waals surface area (Å²) in [7, 11) is -3.94. The molecule has 3 aromatic rings. The number of halogens is 3. The second-order valence-electron chi connectivity index (χ2n) is 9.19. The van der Waals surface area contributed by atoms with Crippen LogP contribution in [-0.4, -0.2) is 54.8 Å². The molecule has 12 heteroatoms. The third kappa shape index (κ3) is 5.66. The number of hydrogen-bond donors (Lipinski definition) is 1. The largest absolute Gasteiger partial charge is 0.348 e. The van der Waals surface area contributed by atoms with E-state index in [-0.39, 0.29) is 10.9 Å². The molecule has 8 nitrogen and oxygen atoms in total. The van der Waals surface area contributed by atoms with E-state index in [4.69, 9.17) is 23.2 Å². The molecule has 2 fully saturated rings. The lowest BCUT2D eigenvalue weighted by Gasteiger charge is -2.43. The quantitative estimate of drug-likeness (QED) is 0.271. The molecule has 1 aliphatic heterocycles. The van der Waals surface area contributed by atoms with E-state index in [1.807, 2.05) is 11.8 Å². The number of rotatable bonds is 6.